The van der Waals surface area contributed by atoms with Crippen LogP contribution in [0.2, 0.25) is 0 Å². The average Bonchev–Trinajstić information content (AvgIpc) is 2.69. The van der Waals surface area contributed by atoms with Gasteiger partial charge in [-0.2, -0.15) is 0 Å². The van der Waals surface area contributed by atoms with Crippen molar-refractivity contribution in [3.63, 3.8) is 0 Å². The van der Waals surface area contributed by atoms with E-state index in [0.717, 1.165) is 39.1 Å². The van der Waals surface area contributed by atoms with Gasteiger partial charge in [-0.25, -0.2) is 0 Å². The van der Waals surface area contributed by atoms with Crippen LogP contribution >= 0.6 is 0 Å². The summed E-state index contributed by atoms with van der Waals surface area (Å²) in [5.74, 6) is 0.683. The lowest BCUT2D eigenvalue weighted by atomic mass is 10.2. The molecule has 1 saturated heterocycles. The predicted molar refractivity (Wildman–Crippen MR) is 104 cm³/mol. The van der Waals surface area contributed by atoms with Crippen molar-refractivity contribution in [2.45, 2.75) is 6.54 Å². The topological polar surface area (TPSA) is 45.6 Å². The molecular weight excluding hydrogens is 326 g/mol. The second kappa shape index (κ2) is 7.14. The molecule has 2 aromatic carbocycles. The van der Waals surface area contributed by atoms with Crippen LogP contribution in [0.1, 0.15) is 5.56 Å². The van der Waals surface area contributed by atoms with Gasteiger partial charge >= 0.3 is 0 Å². The number of piperazine rings is 1. The second-order valence-electron chi connectivity index (χ2n) is 6.61. The number of anilines is 1. The number of rotatable bonds is 4. The molecule has 5 nitrogen and oxygen atoms in total. The molecule has 1 aliphatic rings. The first kappa shape index (κ1) is 16.5. The highest BCUT2D eigenvalue weighted by atomic mass is 16.1. The van der Waals surface area contributed by atoms with Crippen LogP contribution in [0.3, 0.4) is 0 Å². The zero-order valence-corrected chi connectivity index (χ0v) is 14.5. The number of para-hydroxylation sites is 1. The number of hydrogen-bond donors (Lipinski definition) is 0. The van der Waals surface area contributed by atoms with Gasteiger partial charge in [0, 0.05) is 44.2 Å². The van der Waals surface area contributed by atoms with Crippen molar-refractivity contribution < 1.29 is 4.79 Å². The molecule has 1 aliphatic heterocycles. The van der Waals surface area contributed by atoms with Crippen LogP contribution in [-0.4, -0.2) is 42.1 Å². The molecule has 1 fully saturated rings. The first-order valence-electron chi connectivity index (χ1n) is 8.87. The minimum atomic E-state index is -0.0413. The molecule has 0 N–H and O–H groups in total. The van der Waals surface area contributed by atoms with E-state index < -0.39 is 0 Å². The van der Waals surface area contributed by atoms with Gasteiger partial charge in [0.05, 0.1) is 5.52 Å². The highest BCUT2D eigenvalue weighted by molar-refractivity contribution is 5.87. The van der Waals surface area contributed by atoms with E-state index in [9.17, 15) is 9.59 Å². The van der Waals surface area contributed by atoms with Crippen LogP contribution in [0.15, 0.2) is 65.5 Å². The zero-order chi connectivity index (χ0) is 17.9. The molecule has 5 heteroatoms. The van der Waals surface area contributed by atoms with Gasteiger partial charge in [-0.05, 0) is 17.7 Å². The van der Waals surface area contributed by atoms with E-state index in [0.29, 0.717) is 16.7 Å². The normalized spacial score (nSPS) is 15.3. The molecule has 1 aromatic heterocycles. The van der Waals surface area contributed by atoms with Crippen LogP contribution in [0.5, 0.6) is 0 Å². The van der Waals surface area contributed by atoms with Gasteiger partial charge in [0.25, 0.3) is 0 Å². The Kier molecular flexibility index (Phi) is 4.54. The van der Waals surface area contributed by atoms with E-state index in [4.69, 9.17) is 0 Å². The van der Waals surface area contributed by atoms with Crippen molar-refractivity contribution in [3.8, 4) is 0 Å². The maximum Gasteiger partial charge on any atom is 0.219 e. The third-order valence-corrected chi connectivity index (χ3v) is 4.99. The summed E-state index contributed by atoms with van der Waals surface area (Å²) in [5, 5.41) is 0.575. The van der Waals surface area contributed by atoms with Crippen molar-refractivity contribution in [2.24, 2.45) is 0 Å². The van der Waals surface area contributed by atoms with Crippen LogP contribution in [0.25, 0.3) is 10.9 Å². The van der Waals surface area contributed by atoms with Gasteiger partial charge in [-0.3, -0.25) is 19.1 Å². The molecule has 0 amide bonds. The fourth-order valence-corrected chi connectivity index (χ4v) is 3.61. The van der Waals surface area contributed by atoms with Crippen LogP contribution in [0, 0.1) is 0 Å². The lowest BCUT2D eigenvalue weighted by Gasteiger charge is -2.36. The molecule has 0 aliphatic carbocycles. The minimum Gasteiger partial charge on any atom is -0.355 e. The highest BCUT2D eigenvalue weighted by Crippen LogP contribution is 2.20. The van der Waals surface area contributed by atoms with Crippen molar-refractivity contribution in [2.75, 3.05) is 31.1 Å². The van der Waals surface area contributed by atoms with Gasteiger partial charge in [-0.1, -0.05) is 42.5 Å². The first-order chi connectivity index (χ1) is 12.8. The number of carbonyl (C=O) groups excluding carboxylic acids is 1. The van der Waals surface area contributed by atoms with Crippen molar-refractivity contribution >= 4 is 23.1 Å². The molecule has 0 radical (unpaired) electrons. The quantitative estimate of drug-likeness (QED) is 0.680. The van der Waals surface area contributed by atoms with Crippen LogP contribution in [-0.2, 0) is 11.3 Å². The van der Waals surface area contributed by atoms with Crippen LogP contribution < -0.4 is 10.3 Å². The molecule has 0 atom stereocenters. The molecule has 4 rings (SSSR count). The van der Waals surface area contributed by atoms with E-state index in [1.54, 1.807) is 16.7 Å². The van der Waals surface area contributed by atoms with Crippen molar-refractivity contribution in [1.29, 1.82) is 0 Å². The summed E-state index contributed by atoms with van der Waals surface area (Å²) in [6.45, 7) is 4.30. The largest absolute Gasteiger partial charge is 0.355 e. The summed E-state index contributed by atoms with van der Waals surface area (Å²) in [6.07, 6.45) is 0.799. The lowest BCUT2D eigenvalue weighted by Crippen LogP contribution is -2.47. The number of aromatic nitrogens is 1. The predicted octanol–water partition coefficient (Wildman–Crippen LogP) is 2.36. The highest BCUT2D eigenvalue weighted by Gasteiger charge is 2.20. The summed E-state index contributed by atoms with van der Waals surface area (Å²) >= 11 is 0. The standard InChI is InChI=1S/C21H21N3O2/c25-16-24-19-9-5-4-8-18(19)20(26)14-21(24)23-12-10-22(11-13-23)15-17-6-2-1-3-7-17/h1-9,14,16H,10-13,15H2. The molecule has 2 heterocycles. The molecular formula is C21H21N3O2. The van der Waals surface area contributed by atoms with E-state index in [1.165, 1.54) is 5.56 Å². The molecule has 3 aromatic rings. The Bertz CT molecular complexity index is 973. The van der Waals surface area contributed by atoms with Crippen molar-refractivity contribution in [3.05, 3.63) is 76.5 Å². The number of nitrogens with zero attached hydrogens (tertiary/aromatic N) is 3. The average molecular weight is 347 g/mol. The number of benzene rings is 2. The fraction of sp³-hybridized carbons (Fsp3) is 0.238. The Morgan fingerprint density at radius 2 is 1.58 bits per heavy atom. The maximum absolute atomic E-state index is 12.4. The smallest absolute Gasteiger partial charge is 0.219 e. The maximum atomic E-state index is 12.4. The van der Waals surface area contributed by atoms with Gasteiger partial charge in [0.15, 0.2) is 5.43 Å². The summed E-state index contributed by atoms with van der Waals surface area (Å²) in [7, 11) is 0. The SMILES string of the molecule is O=Cn1c(N2CCN(Cc3ccccc3)CC2)cc(=O)c2ccccc21. The third kappa shape index (κ3) is 3.13. The van der Waals surface area contributed by atoms with Gasteiger partial charge in [0.2, 0.25) is 6.41 Å². The summed E-state index contributed by atoms with van der Waals surface area (Å²) in [5.41, 5.74) is 1.92. The van der Waals surface area contributed by atoms with E-state index in [-0.39, 0.29) is 5.43 Å². The number of fused-ring (bicyclic) bond motifs is 1. The van der Waals surface area contributed by atoms with Gasteiger partial charge in [0.1, 0.15) is 5.82 Å². The molecule has 0 bridgehead atoms. The van der Waals surface area contributed by atoms with Crippen molar-refractivity contribution in [1.82, 2.24) is 9.47 Å². The van der Waals surface area contributed by atoms with Gasteiger partial charge in [-0.15, -0.1) is 0 Å². The Hall–Kier alpha value is -2.92. The second-order valence-corrected chi connectivity index (χ2v) is 6.61. The minimum absolute atomic E-state index is 0.0413. The Morgan fingerprint density at radius 1 is 0.885 bits per heavy atom. The fourth-order valence-electron chi connectivity index (χ4n) is 3.61. The molecule has 0 unspecified atom stereocenters. The summed E-state index contributed by atoms with van der Waals surface area (Å²) < 4.78 is 1.59. The Balaban J connectivity index is 1.56. The Morgan fingerprint density at radius 3 is 2.31 bits per heavy atom. The summed E-state index contributed by atoms with van der Waals surface area (Å²) in [6, 6.07) is 19.3. The summed E-state index contributed by atoms with van der Waals surface area (Å²) in [4.78, 5) is 28.7. The molecule has 26 heavy (non-hydrogen) atoms. The Labute approximate surface area is 152 Å². The number of hydrogen-bond acceptors (Lipinski definition) is 4. The molecule has 0 saturated carbocycles. The third-order valence-electron chi connectivity index (χ3n) is 4.99. The molecule has 132 valence electrons. The number of carbonyl (C=O) groups is 1. The van der Waals surface area contributed by atoms with E-state index >= 15 is 0 Å². The number of pyridine rings is 1. The first-order valence-corrected chi connectivity index (χ1v) is 8.87. The zero-order valence-electron chi connectivity index (χ0n) is 14.5. The lowest BCUT2D eigenvalue weighted by molar-refractivity contribution is 0.249. The molecule has 0 spiro atoms. The monoisotopic (exact) mass is 347 g/mol. The van der Waals surface area contributed by atoms with E-state index in [1.807, 2.05) is 24.3 Å². The van der Waals surface area contributed by atoms with Gasteiger partial charge < -0.3 is 4.90 Å². The van der Waals surface area contributed by atoms with Crippen LogP contribution in [0.4, 0.5) is 5.82 Å². The van der Waals surface area contributed by atoms with E-state index in [2.05, 4.69) is 34.1 Å².